The van der Waals surface area contributed by atoms with Crippen molar-refractivity contribution in [3.8, 4) is 0 Å². The van der Waals surface area contributed by atoms with Crippen LogP contribution in [-0.4, -0.2) is 44.1 Å². The number of carboxylic acid groups (broad SMARTS) is 2. The number of aromatic amines is 1. The van der Waals surface area contributed by atoms with Gasteiger partial charge in [-0.25, -0.2) is 9.78 Å². The summed E-state index contributed by atoms with van der Waals surface area (Å²) in [6, 6.07) is 7.00. The molecule has 11 heteroatoms. The number of carbonyl (C=O) groups is 3. The molecule has 1 aromatic carbocycles. The van der Waals surface area contributed by atoms with Crippen LogP contribution in [0.1, 0.15) is 33.6 Å². The van der Waals surface area contributed by atoms with E-state index in [0.29, 0.717) is 16.6 Å². The average molecular weight is 430 g/mol. The van der Waals surface area contributed by atoms with Crippen LogP contribution in [-0.2, 0) is 16.0 Å². The van der Waals surface area contributed by atoms with Gasteiger partial charge >= 0.3 is 11.9 Å². The maximum atomic E-state index is 12.3. The van der Waals surface area contributed by atoms with Gasteiger partial charge in [-0.2, -0.15) is 0 Å². The number of rotatable bonds is 8. The third-order valence-corrected chi connectivity index (χ3v) is 5.35. The summed E-state index contributed by atoms with van der Waals surface area (Å²) in [6.45, 7) is 0. The molecule has 0 unspecified atom stereocenters. The quantitative estimate of drug-likeness (QED) is 0.354. The topological polar surface area (TPSA) is 175 Å². The van der Waals surface area contributed by atoms with Crippen LogP contribution in [0.4, 0.5) is 5.95 Å². The molecule has 3 rings (SSSR count). The number of H-pyrrole nitrogens is 1. The van der Waals surface area contributed by atoms with Crippen molar-refractivity contribution in [2.75, 3.05) is 5.73 Å². The largest absolute Gasteiger partial charge is 0.481 e. The van der Waals surface area contributed by atoms with Gasteiger partial charge in [0.15, 0.2) is 0 Å². The molecule has 2 aromatic heterocycles. The number of anilines is 1. The summed E-state index contributed by atoms with van der Waals surface area (Å²) < 4.78 is 0. The van der Waals surface area contributed by atoms with E-state index in [1.54, 1.807) is 30.3 Å². The van der Waals surface area contributed by atoms with E-state index >= 15 is 0 Å². The molecule has 0 aliphatic carbocycles. The van der Waals surface area contributed by atoms with Gasteiger partial charge in [0.25, 0.3) is 11.5 Å². The predicted molar refractivity (Wildman–Crippen MR) is 110 cm³/mol. The number of hydrogen-bond donors (Lipinski definition) is 5. The first-order valence-corrected chi connectivity index (χ1v) is 9.67. The molecule has 3 aromatic rings. The Hall–Kier alpha value is -3.73. The van der Waals surface area contributed by atoms with Crippen molar-refractivity contribution in [2.45, 2.75) is 25.3 Å². The van der Waals surface area contributed by atoms with E-state index in [9.17, 15) is 19.2 Å². The maximum Gasteiger partial charge on any atom is 0.326 e. The Kier molecular flexibility index (Phi) is 6.11. The first kappa shape index (κ1) is 21.0. The number of carbonyl (C=O) groups excluding carboxylic acids is 1. The summed E-state index contributed by atoms with van der Waals surface area (Å²) in [6.07, 6.45) is -0.0641. The van der Waals surface area contributed by atoms with E-state index in [-0.39, 0.29) is 29.9 Å². The highest BCUT2D eigenvalue weighted by Crippen LogP contribution is 2.24. The number of aliphatic carboxylic acids is 2. The molecule has 0 saturated heterocycles. The number of carboxylic acids is 2. The second-order valence-electron chi connectivity index (χ2n) is 6.55. The van der Waals surface area contributed by atoms with Gasteiger partial charge in [-0.05, 0) is 30.2 Å². The molecule has 10 nitrogen and oxygen atoms in total. The van der Waals surface area contributed by atoms with E-state index in [1.165, 1.54) is 11.3 Å². The molecule has 0 saturated carbocycles. The minimum absolute atomic E-state index is 0.0549. The van der Waals surface area contributed by atoms with Gasteiger partial charge in [0.1, 0.15) is 10.9 Å². The average Bonchev–Trinajstić information content (AvgIpc) is 3.07. The molecule has 0 aliphatic rings. The van der Waals surface area contributed by atoms with Gasteiger partial charge in [-0.3, -0.25) is 19.4 Å². The molecule has 1 amide bonds. The minimum Gasteiger partial charge on any atom is -0.481 e. The zero-order chi connectivity index (χ0) is 21.8. The van der Waals surface area contributed by atoms with Gasteiger partial charge in [0.05, 0.1) is 5.39 Å². The Balaban J connectivity index is 1.69. The molecule has 0 radical (unpaired) electrons. The zero-order valence-electron chi connectivity index (χ0n) is 15.5. The Morgan fingerprint density at radius 2 is 1.90 bits per heavy atom. The summed E-state index contributed by atoms with van der Waals surface area (Å²) in [7, 11) is 0. The van der Waals surface area contributed by atoms with Crippen molar-refractivity contribution in [1.29, 1.82) is 0 Å². The van der Waals surface area contributed by atoms with Crippen LogP contribution in [0.3, 0.4) is 0 Å². The molecule has 0 fully saturated rings. The first-order valence-electron chi connectivity index (χ1n) is 8.85. The molecule has 2 heterocycles. The second-order valence-corrected chi connectivity index (χ2v) is 7.67. The van der Waals surface area contributed by atoms with Crippen LogP contribution in [0.15, 0.2) is 35.1 Å². The highest BCUT2D eigenvalue weighted by Gasteiger charge is 2.21. The lowest BCUT2D eigenvalue weighted by molar-refractivity contribution is -0.140. The molecular weight excluding hydrogens is 412 g/mol. The third-order valence-electron chi connectivity index (χ3n) is 4.32. The van der Waals surface area contributed by atoms with E-state index in [0.717, 1.165) is 10.4 Å². The Labute approximate surface area is 173 Å². The number of hydrogen-bond acceptors (Lipinski definition) is 7. The van der Waals surface area contributed by atoms with Gasteiger partial charge in [0.2, 0.25) is 5.95 Å². The summed E-state index contributed by atoms with van der Waals surface area (Å²) in [5.41, 5.74) is 6.38. The summed E-state index contributed by atoms with van der Waals surface area (Å²) in [5, 5.41) is 20.6. The number of fused-ring (bicyclic) bond motifs is 1. The Bertz CT molecular complexity index is 1170. The van der Waals surface area contributed by atoms with Gasteiger partial charge in [-0.15, -0.1) is 11.3 Å². The fourth-order valence-electron chi connectivity index (χ4n) is 2.83. The monoisotopic (exact) mass is 430 g/mol. The van der Waals surface area contributed by atoms with Crippen molar-refractivity contribution in [3.63, 3.8) is 0 Å². The Morgan fingerprint density at radius 1 is 1.20 bits per heavy atom. The number of nitrogens with one attached hydrogen (secondary N) is 2. The van der Waals surface area contributed by atoms with Gasteiger partial charge < -0.3 is 21.3 Å². The summed E-state index contributed by atoms with van der Waals surface area (Å²) >= 11 is 1.35. The molecule has 6 N–H and O–H groups in total. The maximum absolute atomic E-state index is 12.3. The van der Waals surface area contributed by atoms with Gasteiger partial charge in [0, 0.05) is 23.3 Å². The van der Waals surface area contributed by atoms with Gasteiger partial charge in [-0.1, -0.05) is 12.1 Å². The number of thiophene rings is 1. The molecular formula is C19H18N4O6S. The van der Waals surface area contributed by atoms with Crippen LogP contribution >= 0.6 is 11.3 Å². The van der Waals surface area contributed by atoms with Crippen LogP contribution in [0.25, 0.3) is 10.2 Å². The van der Waals surface area contributed by atoms with Crippen LogP contribution in [0.2, 0.25) is 0 Å². The summed E-state index contributed by atoms with van der Waals surface area (Å²) in [5.74, 6) is -2.98. The SMILES string of the molecule is Nc1nc2sc(Cc3ccc(C(=O)N[C@@H](CCC(=O)O)C(=O)O)cc3)cc2c(=O)[nH]1. The number of aromatic nitrogens is 2. The van der Waals surface area contributed by atoms with Crippen LogP contribution < -0.4 is 16.6 Å². The van der Waals surface area contributed by atoms with Crippen molar-refractivity contribution < 1.29 is 24.6 Å². The van der Waals surface area contributed by atoms with E-state index in [1.807, 2.05) is 0 Å². The molecule has 30 heavy (non-hydrogen) atoms. The van der Waals surface area contributed by atoms with Crippen molar-refractivity contribution in [3.05, 3.63) is 56.7 Å². The van der Waals surface area contributed by atoms with Crippen molar-refractivity contribution in [1.82, 2.24) is 15.3 Å². The first-order chi connectivity index (χ1) is 14.2. The fourth-order valence-corrected chi connectivity index (χ4v) is 3.90. The lowest BCUT2D eigenvalue weighted by Gasteiger charge is -2.13. The van der Waals surface area contributed by atoms with Crippen LogP contribution in [0, 0.1) is 0 Å². The smallest absolute Gasteiger partial charge is 0.326 e. The van der Waals surface area contributed by atoms with Crippen LogP contribution in [0.5, 0.6) is 0 Å². The molecule has 0 bridgehead atoms. The van der Waals surface area contributed by atoms with E-state index < -0.39 is 23.9 Å². The number of nitrogens with two attached hydrogens (primary N) is 1. The van der Waals surface area contributed by atoms with E-state index in [2.05, 4.69) is 15.3 Å². The highest BCUT2D eigenvalue weighted by molar-refractivity contribution is 7.18. The normalized spacial score (nSPS) is 11.9. The molecule has 0 spiro atoms. The second kappa shape index (κ2) is 8.74. The number of nitrogens with zero attached hydrogens (tertiary/aromatic N) is 1. The fraction of sp³-hybridized carbons (Fsp3) is 0.211. The van der Waals surface area contributed by atoms with Crippen molar-refractivity contribution in [2.24, 2.45) is 0 Å². The number of nitrogen functional groups attached to an aromatic ring is 1. The lowest BCUT2D eigenvalue weighted by atomic mass is 10.1. The third kappa shape index (κ3) is 5.00. The molecule has 1 atom stereocenters. The predicted octanol–water partition coefficient (Wildman–Crippen LogP) is 1.21. The number of benzene rings is 1. The number of amides is 1. The van der Waals surface area contributed by atoms with Crippen molar-refractivity contribution >= 4 is 45.3 Å². The lowest BCUT2D eigenvalue weighted by Crippen LogP contribution is -2.41. The highest BCUT2D eigenvalue weighted by atomic mass is 32.1. The summed E-state index contributed by atoms with van der Waals surface area (Å²) in [4.78, 5) is 54.0. The van der Waals surface area contributed by atoms with E-state index in [4.69, 9.17) is 15.9 Å². The minimum atomic E-state index is -1.30. The molecule has 156 valence electrons. The molecule has 0 aliphatic heterocycles. The Morgan fingerprint density at radius 3 is 2.53 bits per heavy atom. The standard InChI is InChI=1S/C19H18N4O6S/c20-19-22-16(27)12-8-11(30-17(12)23-19)7-9-1-3-10(4-2-9)15(26)21-13(18(28)29)5-6-14(24)25/h1-4,8,13H,5-7H2,(H,21,26)(H,24,25)(H,28,29)(H3,20,22,23,27)/t13-/m0/s1. The zero-order valence-corrected chi connectivity index (χ0v) is 16.4.